The Kier molecular flexibility index (Phi) is 5.80. The Hall–Kier alpha value is -3.38. The van der Waals surface area contributed by atoms with Crippen LogP contribution in [0.1, 0.15) is 11.5 Å². The molecule has 3 aromatic rings. The maximum atomic E-state index is 11.0. The van der Waals surface area contributed by atoms with Gasteiger partial charge in [0.2, 0.25) is 0 Å². The number of hydrogen-bond acceptors (Lipinski definition) is 5. The summed E-state index contributed by atoms with van der Waals surface area (Å²) in [6.45, 7) is 0.487. The summed E-state index contributed by atoms with van der Waals surface area (Å²) < 4.78 is 11.4. The number of oxazole rings is 1. The van der Waals surface area contributed by atoms with Gasteiger partial charge in [-0.15, -0.1) is 0 Å². The Bertz CT molecular complexity index is 870. The minimum atomic E-state index is -0.577. The number of rotatable bonds is 7. The van der Waals surface area contributed by atoms with Crippen molar-refractivity contribution in [3.05, 3.63) is 78.3 Å². The normalized spacial score (nSPS) is 10.8. The third kappa shape index (κ3) is 4.81. The van der Waals surface area contributed by atoms with Crippen LogP contribution in [-0.2, 0) is 11.2 Å². The lowest BCUT2D eigenvalue weighted by Crippen LogP contribution is -2.14. The van der Waals surface area contributed by atoms with Crippen LogP contribution in [-0.4, -0.2) is 22.7 Å². The number of hydrogen-bond donors (Lipinski definition) is 2. The van der Waals surface area contributed by atoms with E-state index in [4.69, 9.17) is 14.4 Å². The van der Waals surface area contributed by atoms with Crippen LogP contribution in [0.25, 0.3) is 17.4 Å². The molecule has 2 aromatic carbocycles. The monoisotopic (exact) mass is 350 g/mol. The number of amides is 1. The predicted molar refractivity (Wildman–Crippen MR) is 96.5 cm³/mol. The first kappa shape index (κ1) is 17.4. The summed E-state index contributed by atoms with van der Waals surface area (Å²) in [4.78, 5) is 15.2. The molecule has 1 aromatic heterocycles. The number of benzene rings is 2. The van der Waals surface area contributed by atoms with Crippen molar-refractivity contribution >= 4 is 12.0 Å². The van der Waals surface area contributed by atoms with Gasteiger partial charge in [-0.1, -0.05) is 42.5 Å². The Balaban J connectivity index is 1.57. The van der Waals surface area contributed by atoms with Gasteiger partial charge < -0.3 is 9.15 Å². The molecule has 0 saturated heterocycles. The van der Waals surface area contributed by atoms with Crippen LogP contribution in [0.2, 0.25) is 0 Å². The molecule has 26 heavy (non-hydrogen) atoms. The smallest absolute Gasteiger partial charge is 0.267 e. The molecule has 0 aliphatic rings. The van der Waals surface area contributed by atoms with Crippen LogP contribution in [0.15, 0.2) is 71.3 Å². The highest BCUT2D eigenvalue weighted by atomic mass is 16.5. The molecule has 0 saturated carbocycles. The number of carbonyl (C=O) groups is 1. The number of nitrogens with zero attached hydrogens (tertiary/aromatic N) is 1. The third-order valence-electron chi connectivity index (χ3n) is 3.61. The van der Waals surface area contributed by atoms with Gasteiger partial charge in [-0.05, 0) is 23.8 Å². The van der Waals surface area contributed by atoms with Gasteiger partial charge in [-0.2, -0.15) is 0 Å². The average molecular weight is 350 g/mol. The van der Waals surface area contributed by atoms with Gasteiger partial charge in [0.05, 0.1) is 19.2 Å². The molecule has 0 fully saturated rings. The summed E-state index contributed by atoms with van der Waals surface area (Å²) in [5.74, 6) is 1.52. The fourth-order valence-electron chi connectivity index (χ4n) is 2.30. The zero-order valence-electron chi connectivity index (χ0n) is 14.0. The number of para-hydroxylation sites is 1. The van der Waals surface area contributed by atoms with Gasteiger partial charge in [0.1, 0.15) is 5.75 Å². The highest BCUT2D eigenvalue weighted by Crippen LogP contribution is 2.21. The molecule has 0 radical (unpaired) electrons. The van der Waals surface area contributed by atoms with Crippen molar-refractivity contribution in [3.63, 3.8) is 0 Å². The molecule has 6 nitrogen and oxygen atoms in total. The zero-order valence-corrected chi connectivity index (χ0v) is 14.0. The lowest BCUT2D eigenvalue weighted by Gasteiger charge is -2.03. The topological polar surface area (TPSA) is 84.6 Å². The number of carbonyl (C=O) groups excluding carboxylic acids is 1. The second-order valence-electron chi connectivity index (χ2n) is 5.46. The number of hydroxylamine groups is 1. The molecule has 0 spiro atoms. The first-order chi connectivity index (χ1) is 12.7. The SMILES string of the molecule is O=C(C=Cc1ccc(-c2cnc(CCOc3ccccc3)o2)cc1)NO. The predicted octanol–water partition coefficient (Wildman–Crippen LogP) is 3.48. The van der Waals surface area contributed by atoms with Gasteiger partial charge in [-0.3, -0.25) is 10.0 Å². The first-order valence-corrected chi connectivity index (χ1v) is 8.10. The van der Waals surface area contributed by atoms with Crippen LogP contribution >= 0.6 is 0 Å². The summed E-state index contributed by atoms with van der Waals surface area (Å²) in [5, 5.41) is 8.46. The largest absolute Gasteiger partial charge is 0.493 e. The summed E-state index contributed by atoms with van der Waals surface area (Å²) in [6.07, 6.45) is 5.10. The van der Waals surface area contributed by atoms with Gasteiger partial charge in [-0.25, -0.2) is 10.5 Å². The van der Waals surface area contributed by atoms with Crippen LogP contribution in [0.4, 0.5) is 0 Å². The van der Waals surface area contributed by atoms with Crippen molar-refractivity contribution in [1.29, 1.82) is 0 Å². The number of ether oxygens (including phenoxy) is 1. The van der Waals surface area contributed by atoms with Crippen LogP contribution < -0.4 is 10.2 Å². The summed E-state index contributed by atoms with van der Waals surface area (Å²) in [7, 11) is 0. The second-order valence-corrected chi connectivity index (χ2v) is 5.46. The maximum absolute atomic E-state index is 11.0. The van der Waals surface area contributed by atoms with E-state index >= 15 is 0 Å². The molecule has 0 atom stereocenters. The molecule has 0 unspecified atom stereocenters. The van der Waals surface area contributed by atoms with E-state index in [1.54, 1.807) is 17.8 Å². The van der Waals surface area contributed by atoms with Crippen LogP contribution in [0.5, 0.6) is 5.75 Å². The van der Waals surface area contributed by atoms with E-state index in [2.05, 4.69) is 4.98 Å². The van der Waals surface area contributed by atoms with E-state index < -0.39 is 5.91 Å². The van der Waals surface area contributed by atoms with Crippen molar-refractivity contribution in [1.82, 2.24) is 10.5 Å². The van der Waals surface area contributed by atoms with E-state index in [1.807, 2.05) is 54.6 Å². The molecule has 0 aliphatic heterocycles. The number of aromatic nitrogens is 1. The van der Waals surface area contributed by atoms with E-state index in [9.17, 15) is 4.79 Å². The lowest BCUT2D eigenvalue weighted by atomic mass is 10.1. The highest BCUT2D eigenvalue weighted by Gasteiger charge is 2.07. The molecule has 3 rings (SSSR count). The number of nitrogens with one attached hydrogen (secondary N) is 1. The van der Waals surface area contributed by atoms with Gasteiger partial charge >= 0.3 is 0 Å². The Morgan fingerprint density at radius 1 is 1.15 bits per heavy atom. The van der Waals surface area contributed by atoms with Crippen molar-refractivity contribution < 1.29 is 19.2 Å². The summed E-state index contributed by atoms with van der Waals surface area (Å²) >= 11 is 0. The highest BCUT2D eigenvalue weighted by molar-refractivity contribution is 5.90. The van der Waals surface area contributed by atoms with Crippen molar-refractivity contribution in [2.75, 3.05) is 6.61 Å². The lowest BCUT2D eigenvalue weighted by molar-refractivity contribution is -0.124. The molecular weight excluding hydrogens is 332 g/mol. The van der Waals surface area contributed by atoms with Crippen molar-refractivity contribution in [3.8, 4) is 17.1 Å². The molecule has 2 N–H and O–H groups in total. The Morgan fingerprint density at radius 2 is 1.92 bits per heavy atom. The molecular formula is C20H18N2O4. The standard InChI is InChI=1S/C20H18N2O4/c23-19(22-24)11-8-15-6-9-16(10-7-15)18-14-21-20(26-18)12-13-25-17-4-2-1-3-5-17/h1-11,14,24H,12-13H2,(H,22,23). The Labute approximate surface area is 150 Å². The molecule has 0 aliphatic carbocycles. The van der Waals surface area contributed by atoms with Crippen LogP contribution in [0, 0.1) is 0 Å². The maximum Gasteiger partial charge on any atom is 0.267 e. The average Bonchev–Trinajstić information content (AvgIpc) is 3.16. The second kappa shape index (κ2) is 8.64. The fraction of sp³-hybridized carbons (Fsp3) is 0.100. The Morgan fingerprint density at radius 3 is 2.65 bits per heavy atom. The van der Waals surface area contributed by atoms with Crippen molar-refractivity contribution in [2.45, 2.75) is 6.42 Å². The minimum Gasteiger partial charge on any atom is -0.493 e. The minimum absolute atomic E-state index is 0.487. The zero-order chi connectivity index (χ0) is 18.2. The van der Waals surface area contributed by atoms with E-state index in [0.717, 1.165) is 16.9 Å². The molecule has 1 amide bonds. The van der Waals surface area contributed by atoms with Gasteiger partial charge in [0.15, 0.2) is 11.7 Å². The molecule has 0 bridgehead atoms. The van der Waals surface area contributed by atoms with Gasteiger partial charge in [0, 0.05) is 11.6 Å². The molecule has 132 valence electrons. The first-order valence-electron chi connectivity index (χ1n) is 8.10. The summed E-state index contributed by atoms with van der Waals surface area (Å²) in [5.41, 5.74) is 3.26. The van der Waals surface area contributed by atoms with Crippen LogP contribution in [0.3, 0.4) is 0 Å². The third-order valence-corrected chi connectivity index (χ3v) is 3.61. The summed E-state index contributed by atoms with van der Waals surface area (Å²) in [6, 6.07) is 17.0. The fourth-order valence-corrected chi connectivity index (χ4v) is 2.30. The molecule has 6 heteroatoms. The van der Waals surface area contributed by atoms with Gasteiger partial charge in [0.25, 0.3) is 5.91 Å². The van der Waals surface area contributed by atoms with E-state index in [-0.39, 0.29) is 0 Å². The quantitative estimate of drug-likeness (QED) is 0.387. The van der Waals surface area contributed by atoms with E-state index in [1.165, 1.54) is 6.08 Å². The molecule has 1 heterocycles. The van der Waals surface area contributed by atoms with E-state index in [0.29, 0.717) is 24.7 Å². The van der Waals surface area contributed by atoms with Crippen molar-refractivity contribution in [2.24, 2.45) is 0 Å².